The maximum Gasteiger partial charge on any atom is 0.253 e. The van der Waals surface area contributed by atoms with E-state index in [9.17, 15) is 14.0 Å². The minimum atomic E-state index is -0.380. The van der Waals surface area contributed by atoms with E-state index < -0.39 is 0 Å². The first-order chi connectivity index (χ1) is 15.5. The van der Waals surface area contributed by atoms with Crippen LogP contribution >= 0.6 is 0 Å². The Hall–Kier alpha value is -2.89. The number of ether oxygens (including phenoxy) is 1. The second-order valence-electron chi connectivity index (χ2n) is 8.88. The maximum atomic E-state index is 14.0. The van der Waals surface area contributed by atoms with Gasteiger partial charge in [0.1, 0.15) is 17.7 Å². The lowest BCUT2D eigenvalue weighted by Crippen LogP contribution is -2.50. The minimum absolute atomic E-state index is 0.113. The highest BCUT2D eigenvalue weighted by Gasteiger charge is 2.36. The number of likely N-dealkylation sites (tertiary alicyclic amines) is 2. The second-order valence-corrected chi connectivity index (χ2v) is 8.88. The lowest BCUT2D eigenvalue weighted by Gasteiger charge is -2.39. The fourth-order valence-electron chi connectivity index (χ4n) is 4.63. The molecule has 0 spiro atoms. The van der Waals surface area contributed by atoms with Crippen molar-refractivity contribution < 1.29 is 18.7 Å². The third kappa shape index (κ3) is 5.29. The summed E-state index contributed by atoms with van der Waals surface area (Å²) in [6.07, 6.45) is 4.09. The van der Waals surface area contributed by atoms with Crippen LogP contribution < -0.4 is 4.74 Å². The molecule has 0 N–H and O–H groups in total. The average Bonchev–Trinajstić information content (AvgIpc) is 2.82. The predicted octanol–water partition coefficient (Wildman–Crippen LogP) is 4.45. The van der Waals surface area contributed by atoms with Crippen molar-refractivity contribution in [3.05, 3.63) is 65.5 Å². The molecule has 5 nitrogen and oxygen atoms in total. The summed E-state index contributed by atoms with van der Waals surface area (Å²) in [6, 6.07) is 14.2. The summed E-state index contributed by atoms with van der Waals surface area (Å²) in [5, 5.41) is 0. The van der Waals surface area contributed by atoms with Gasteiger partial charge in [0.2, 0.25) is 5.91 Å². The summed E-state index contributed by atoms with van der Waals surface area (Å²) >= 11 is 0. The summed E-state index contributed by atoms with van der Waals surface area (Å²) in [7, 11) is 0. The van der Waals surface area contributed by atoms with E-state index in [2.05, 4.69) is 0 Å². The van der Waals surface area contributed by atoms with E-state index in [0.717, 1.165) is 31.7 Å². The molecule has 0 bridgehead atoms. The fraction of sp³-hybridized carbons (Fsp3) is 0.462. The van der Waals surface area contributed by atoms with Crippen LogP contribution in [0.4, 0.5) is 4.39 Å². The molecule has 0 aliphatic carbocycles. The van der Waals surface area contributed by atoms with Crippen molar-refractivity contribution in [1.82, 2.24) is 9.80 Å². The molecule has 2 aromatic rings. The number of halogens is 1. The standard InChI is InChI=1S/C26H31FN2O3/c1-19-10-11-20(16-23(19)27)26(31)29-15-12-24(32-22-8-4-2-5-9-22)21(18-29)17-25(30)28-13-6-3-7-14-28/h2,4-5,8-11,16,21,24H,3,6-7,12-15,17-18H2,1H3/t21-,24-/m0/s1. The molecule has 2 saturated heterocycles. The summed E-state index contributed by atoms with van der Waals surface area (Å²) in [5.74, 6) is 0.213. The van der Waals surface area contributed by atoms with E-state index in [1.807, 2.05) is 35.2 Å². The van der Waals surface area contributed by atoms with Gasteiger partial charge in [-0.1, -0.05) is 24.3 Å². The van der Waals surface area contributed by atoms with Gasteiger partial charge < -0.3 is 14.5 Å². The molecule has 170 valence electrons. The Labute approximate surface area is 189 Å². The van der Waals surface area contributed by atoms with Crippen LogP contribution in [0, 0.1) is 18.7 Å². The Morgan fingerprint density at radius 3 is 2.47 bits per heavy atom. The van der Waals surface area contributed by atoms with Crippen molar-refractivity contribution in [1.29, 1.82) is 0 Å². The van der Waals surface area contributed by atoms with Crippen molar-refractivity contribution >= 4 is 11.8 Å². The van der Waals surface area contributed by atoms with E-state index in [1.54, 1.807) is 24.0 Å². The number of para-hydroxylation sites is 1. The maximum absolute atomic E-state index is 14.0. The molecule has 2 atom stereocenters. The normalized spacial score (nSPS) is 21.3. The van der Waals surface area contributed by atoms with E-state index in [-0.39, 0.29) is 29.7 Å². The van der Waals surface area contributed by atoms with E-state index in [1.165, 1.54) is 12.5 Å². The number of aryl methyl sites for hydroxylation is 1. The van der Waals surface area contributed by atoms with Gasteiger partial charge in [-0.15, -0.1) is 0 Å². The average molecular weight is 439 g/mol. The third-order valence-corrected chi connectivity index (χ3v) is 6.55. The monoisotopic (exact) mass is 438 g/mol. The molecule has 2 heterocycles. The second kappa shape index (κ2) is 10.2. The van der Waals surface area contributed by atoms with E-state index in [0.29, 0.717) is 37.1 Å². The zero-order chi connectivity index (χ0) is 22.5. The molecule has 2 aliphatic rings. The van der Waals surface area contributed by atoms with E-state index >= 15 is 0 Å². The quantitative estimate of drug-likeness (QED) is 0.693. The Morgan fingerprint density at radius 1 is 1.00 bits per heavy atom. The summed E-state index contributed by atoms with van der Waals surface area (Å²) in [5.41, 5.74) is 0.859. The number of carbonyl (C=O) groups is 2. The zero-order valence-electron chi connectivity index (χ0n) is 18.6. The Morgan fingerprint density at radius 2 is 1.75 bits per heavy atom. The van der Waals surface area contributed by atoms with Gasteiger partial charge in [-0.25, -0.2) is 4.39 Å². The van der Waals surface area contributed by atoms with Gasteiger partial charge in [-0.3, -0.25) is 9.59 Å². The van der Waals surface area contributed by atoms with Gasteiger partial charge in [-0.05, 0) is 56.0 Å². The lowest BCUT2D eigenvalue weighted by atomic mass is 9.90. The molecular formula is C26H31FN2O3. The molecule has 2 aliphatic heterocycles. The molecule has 0 radical (unpaired) electrons. The Balaban J connectivity index is 1.49. The Kier molecular flexibility index (Phi) is 7.08. The number of benzene rings is 2. The number of nitrogens with zero attached hydrogens (tertiary/aromatic N) is 2. The van der Waals surface area contributed by atoms with Crippen molar-refractivity contribution in [2.24, 2.45) is 5.92 Å². The van der Waals surface area contributed by atoms with Gasteiger partial charge >= 0.3 is 0 Å². The van der Waals surface area contributed by atoms with Gasteiger partial charge in [-0.2, -0.15) is 0 Å². The van der Waals surface area contributed by atoms with Crippen LogP contribution in [0.3, 0.4) is 0 Å². The first-order valence-electron chi connectivity index (χ1n) is 11.6. The van der Waals surface area contributed by atoms with Gasteiger partial charge in [0.25, 0.3) is 5.91 Å². The Bertz CT molecular complexity index is 943. The SMILES string of the molecule is Cc1ccc(C(=O)N2CC[C@H](Oc3ccccc3)[C@@H](CC(=O)N3CCCCC3)C2)cc1F. The number of amides is 2. The van der Waals surface area contributed by atoms with Crippen LogP contribution in [0.2, 0.25) is 0 Å². The van der Waals surface area contributed by atoms with Gasteiger partial charge in [0.15, 0.2) is 0 Å². The van der Waals surface area contributed by atoms with Gasteiger partial charge in [0.05, 0.1) is 0 Å². The molecule has 2 fully saturated rings. The summed E-state index contributed by atoms with van der Waals surface area (Å²) in [6.45, 7) is 4.23. The fourth-order valence-corrected chi connectivity index (χ4v) is 4.63. The van der Waals surface area contributed by atoms with Crippen molar-refractivity contribution in [2.45, 2.75) is 45.1 Å². The number of hydrogen-bond donors (Lipinski definition) is 0. The van der Waals surface area contributed by atoms with Crippen molar-refractivity contribution in [3.8, 4) is 5.75 Å². The highest BCUT2D eigenvalue weighted by atomic mass is 19.1. The van der Waals surface area contributed by atoms with Crippen molar-refractivity contribution in [3.63, 3.8) is 0 Å². The number of hydrogen-bond acceptors (Lipinski definition) is 3. The van der Waals surface area contributed by atoms with Crippen molar-refractivity contribution in [2.75, 3.05) is 26.2 Å². The molecule has 2 aromatic carbocycles. The van der Waals surface area contributed by atoms with Crippen LogP contribution in [0.1, 0.15) is 48.0 Å². The molecule has 32 heavy (non-hydrogen) atoms. The molecule has 4 rings (SSSR count). The third-order valence-electron chi connectivity index (χ3n) is 6.55. The largest absolute Gasteiger partial charge is 0.490 e. The molecule has 2 amide bonds. The summed E-state index contributed by atoms with van der Waals surface area (Å²) in [4.78, 5) is 29.8. The highest BCUT2D eigenvalue weighted by Crippen LogP contribution is 2.28. The van der Waals surface area contributed by atoms with Crippen LogP contribution in [-0.2, 0) is 4.79 Å². The molecule has 0 saturated carbocycles. The summed E-state index contributed by atoms with van der Waals surface area (Å²) < 4.78 is 20.3. The van der Waals surface area contributed by atoms with Crippen LogP contribution in [-0.4, -0.2) is 53.9 Å². The molecule has 6 heteroatoms. The molecule has 0 aromatic heterocycles. The molecular weight excluding hydrogens is 407 g/mol. The molecule has 0 unspecified atom stereocenters. The number of piperidine rings is 2. The van der Waals surface area contributed by atoms with Crippen LogP contribution in [0.5, 0.6) is 5.75 Å². The topological polar surface area (TPSA) is 49.9 Å². The smallest absolute Gasteiger partial charge is 0.253 e. The van der Waals surface area contributed by atoms with Crippen LogP contribution in [0.25, 0.3) is 0 Å². The van der Waals surface area contributed by atoms with Crippen LogP contribution in [0.15, 0.2) is 48.5 Å². The predicted molar refractivity (Wildman–Crippen MR) is 121 cm³/mol. The minimum Gasteiger partial charge on any atom is -0.490 e. The lowest BCUT2D eigenvalue weighted by molar-refractivity contribution is -0.134. The van der Waals surface area contributed by atoms with Gasteiger partial charge in [0, 0.05) is 50.5 Å². The first kappa shape index (κ1) is 22.3. The first-order valence-corrected chi connectivity index (χ1v) is 11.6. The number of carbonyl (C=O) groups excluding carboxylic acids is 2. The van der Waals surface area contributed by atoms with E-state index in [4.69, 9.17) is 4.74 Å². The highest BCUT2D eigenvalue weighted by molar-refractivity contribution is 5.94. The number of rotatable bonds is 5. The zero-order valence-corrected chi connectivity index (χ0v) is 18.6.